The van der Waals surface area contributed by atoms with E-state index in [9.17, 15) is 18.8 Å². The van der Waals surface area contributed by atoms with Gasteiger partial charge in [0.25, 0.3) is 11.8 Å². The van der Waals surface area contributed by atoms with E-state index >= 15 is 0 Å². The Balaban J connectivity index is 1.78. The quantitative estimate of drug-likeness (QED) is 0.183. The van der Waals surface area contributed by atoms with Gasteiger partial charge in [0, 0.05) is 17.1 Å². The van der Waals surface area contributed by atoms with Gasteiger partial charge in [0.05, 0.1) is 10.7 Å². The number of thiazole rings is 1. The van der Waals surface area contributed by atoms with Crippen LogP contribution >= 0.6 is 46.5 Å². The van der Waals surface area contributed by atoms with E-state index < -0.39 is 24.0 Å². The lowest BCUT2D eigenvalue weighted by Crippen LogP contribution is -2.71. The van der Waals surface area contributed by atoms with E-state index in [1.54, 1.807) is 6.92 Å². The number of alkyl halides is 1. The summed E-state index contributed by atoms with van der Waals surface area (Å²) in [5.41, 5.74) is 0.323. The molecule has 34 heavy (non-hydrogen) atoms. The minimum absolute atomic E-state index is 0.0483. The molecule has 13 heteroatoms. The molecule has 186 valence electrons. The lowest BCUT2D eigenvalue weighted by atomic mass is 10.0. The Labute approximate surface area is 215 Å². The Hall–Kier alpha value is -1.63. The van der Waals surface area contributed by atoms with E-state index in [1.165, 1.54) is 28.4 Å². The predicted molar refractivity (Wildman–Crippen MR) is 135 cm³/mol. The molecule has 3 heterocycles. The number of amides is 2. The van der Waals surface area contributed by atoms with E-state index in [0.29, 0.717) is 22.9 Å². The summed E-state index contributed by atoms with van der Waals surface area (Å²) in [6, 6.07) is -0.843. The fourth-order valence-electron chi connectivity index (χ4n) is 3.56. The molecule has 2 amide bonds. The van der Waals surface area contributed by atoms with Crippen molar-refractivity contribution in [1.29, 1.82) is 0 Å². The minimum Gasteiger partial charge on any atom is -0.392 e. The van der Waals surface area contributed by atoms with E-state index in [4.69, 9.17) is 16.4 Å². The van der Waals surface area contributed by atoms with E-state index in [2.05, 4.69) is 22.4 Å². The molecule has 1 aromatic rings. The maximum Gasteiger partial charge on any atom is 0.276 e. The van der Waals surface area contributed by atoms with Crippen molar-refractivity contribution in [3.8, 4) is 0 Å². The summed E-state index contributed by atoms with van der Waals surface area (Å²) in [5.74, 6) is -0.539. The van der Waals surface area contributed by atoms with Gasteiger partial charge in [0.2, 0.25) is 0 Å². The number of rotatable bonds is 12. The second kappa shape index (κ2) is 12.4. The van der Waals surface area contributed by atoms with Crippen LogP contribution in [0.25, 0.3) is 0 Å². The van der Waals surface area contributed by atoms with Gasteiger partial charge >= 0.3 is 0 Å². The molecule has 0 aliphatic carbocycles. The summed E-state index contributed by atoms with van der Waals surface area (Å²) in [7, 11) is 0. The molecule has 2 aliphatic heterocycles. The number of β-lactam (4-membered cyclic amide) rings is 1. The zero-order valence-electron chi connectivity index (χ0n) is 19.1. The Morgan fingerprint density at radius 3 is 2.79 bits per heavy atom. The molecule has 8 nitrogen and oxygen atoms in total. The van der Waals surface area contributed by atoms with Crippen LogP contribution in [-0.4, -0.2) is 69.9 Å². The summed E-state index contributed by atoms with van der Waals surface area (Å²) in [6.07, 6.45) is 4.99. The molecule has 0 bridgehead atoms. The highest BCUT2D eigenvalue weighted by Gasteiger charge is 2.54. The van der Waals surface area contributed by atoms with Crippen molar-refractivity contribution in [3.05, 3.63) is 25.6 Å². The summed E-state index contributed by atoms with van der Waals surface area (Å²) < 4.78 is 12.7. The fourth-order valence-corrected chi connectivity index (χ4v) is 6.94. The molecule has 1 aromatic heterocycles. The van der Waals surface area contributed by atoms with Crippen LogP contribution in [0.3, 0.4) is 0 Å². The van der Waals surface area contributed by atoms with Crippen LogP contribution in [0.5, 0.6) is 0 Å². The van der Waals surface area contributed by atoms with Gasteiger partial charge in [-0.2, -0.15) is 0 Å². The van der Waals surface area contributed by atoms with Crippen molar-refractivity contribution < 1.29 is 23.6 Å². The highest BCUT2D eigenvalue weighted by Crippen LogP contribution is 2.43. The maximum atomic E-state index is 13.1. The van der Waals surface area contributed by atoms with E-state index in [-0.39, 0.29) is 34.0 Å². The number of halogens is 2. The van der Waals surface area contributed by atoms with Gasteiger partial charge in [-0.3, -0.25) is 19.3 Å². The zero-order chi connectivity index (χ0) is 24.8. The number of hydrogen-bond acceptors (Lipinski definition) is 9. The van der Waals surface area contributed by atoms with Crippen LogP contribution in [0.4, 0.5) is 4.39 Å². The third-order valence-electron chi connectivity index (χ3n) is 5.19. The first-order chi connectivity index (χ1) is 16.3. The molecule has 0 spiro atoms. The van der Waals surface area contributed by atoms with Crippen LogP contribution in [0.15, 0.2) is 15.8 Å². The standard InChI is InChI=1S/C21H26ClFN4O4S3/c1-4-5-6-7-12(28)17-13(32-3)10-33-21-16(20(30)27(17)21)25-19(29)15(26-31-9-8-23)14-18(22)34-11(2)24-14/h16,21H,4-10H2,1-3H3,(H,25,29)/b26-15+/t16-,21-/m1/s1. The normalized spacial score (nSPS) is 20.2. The topological polar surface area (TPSA) is 101 Å². The third kappa shape index (κ3) is 5.77. The van der Waals surface area contributed by atoms with Gasteiger partial charge in [0.1, 0.15) is 34.7 Å². The second-order valence-electron chi connectivity index (χ2n) is 7.53. The van der Waals surface area contributed by atoms with Crippen molar-refractivity contribution in [2.24, 2.45) is 5.16 Å². The van der Waals surface area contributed by atoms with Crippen molar-refractivity contribution in [1.82, 2.24) is 15.2 Å². The van der Waals surface area contributed by atoms with Crippen LogP contribution in [-0.2, 0) is 19.2 Å². The number of carbonyl (C=O) groups excluding carboxylic acids is 3. The smallest absolute Gasteiger partial charge is 0.276 e. The molecule has 0 aromatic carbocycles. The van der Waals surface area contributed by atoms with Crippen LogP contribution in [0.2, 0.25) is 4.34 Å². The van der Waals surface area contributed by atoms with Crippen molar-refractivity contribution in [2.75, 3.05) is 25.3 Å². The molecule has 1 fully saturated rings. The first-order valence-corrected chi connectivity index (χ1v) is 14.3. The molecule has 2 atom stereocenters. The largest absolute Gasteiger partial charge is 0.392 e. The molecular weight excluding hydrogens is 523 g/mol. The average Bonchev–Trinajstić information content (AvgIpc) is 3.16. The number of unbranched alkanes of at least 4 members (excludes halogenated alkanes) is 2. The summed E-state index contributed by atoms with van der Waals surface area (Å²) in [4.78, 5) is 50.5. The molecule has 2 aliphatic rings. The number of aryl methyl sites for hydroxylation is 1. The fraction of sp³-hybridized carbons (Fsp3) is 0.571. The number of nitrogens with zero attached hydrogens (tertiary/aromatic N) is 3. The molecule has 1 N–H and O–H groups in total. The first-order valence-electron chi connectivity index (χ1n) is 10.8. The number of nitrogens with one attached hydrogen (secondary N) is 1. The summed E-state index contributed by atoms with van der Waals surface area (Å²) in [5, 5.41) is 6.62. The number of ketones is 1. The number of carbonyl (C=O) groups is 3. The van der Waals surface area contributed by atoms with Gasteiger partial charge in [-0.25, -0.2) is 9.37 Å². The highest BCUT2D eigenvalue weighted by atomic mass is 35.5. The Morgan fingerprint density at radius 2 is 2.18 bits per heavy atom. The van der Waals surface area contributed by atoms with Crippen LogP contribution < -0.4 is 5.32 Å². The number of allylic oxidation sites excluding steroid dienone is 1. The zero-order valence-corrected chi connectivity index (χ0v) is 22.3. The number of aromatic nitrogens is 1. The number of Topliss-reactive ketones (excluding diaryl/α,β-unsaturated/α-hetero) is 1. The monoisotopic (exact) mass is 548 g/mol. The lowest BCUT2D eigenvalue weighted by molar-refractivity contribution is -0.146. The second-order valence-corrected chi connectivity index (χ2v) is 11.3. The number of thioether (sulfide) groups is 2. The predicted octanol–water partition coefficient (Wildman–Crippen LogP) is 3.92. The maximum absolute atomic E-state index is 13.1. The Kier molecular flexibility index (Phi) is 9.81. The van der Waals surface area contributed by atoms with Gasteiger partial charge in [0.15, 0.2) is 11.5 Å². The Bertz CT molecular complexity index is 1020. The Morgan fingerprint density at radius 1 is 1.41 bits per heavy atom. The summed E-state index contributed by atoms with van der Waals surface area (Å²) in [6.45, 7) is 2.67. The molecule has 3 rings (SSSR count). The molecule has 1 saturated heterocycles. The average molecular weight is 549 g/mol. The van der Waals surface area contributed by atoms with E-state index in [0.717, 1.165) is 35.5 Å². The molecule has 0 radical (unpaired) electrons. The van der Waals surface area contributed by atoms with Crippen molar-refractivity contribution >= 4 is 69.8 Å². The SMILES string of the molecule is CCCCCC(=O)C1=C(SC)CS[C@@H]2[C@H](NC(=O)/C(=N/OCCF)c3nc(C)sc3Cl)C(=O)N12. The lowest BCUT2D eigenvalue weighted by Gasteiger charge is -2.50. The van der Waals surface area contributed by atoms with Gasteiger partial charge in [-0.15, -0.1) is 34.9 Å². The van der Waals surface area contributed by atoms with Crippen LogP contribution in [0, 0.1) is 6.92 Å². The van der Waals surface area contributed by atoms with Gasteiger partial charge < -0.3 is 10.2 Å². The third-order valence-corrected chi connectivity index (χ3v) is 8.66. The number of oxime groups is 1. The highest BCUT2D eigenvalue weighted by molar-refractivity contribution is 8.05. The van der Waals surface area contributed by atoms with Crippen molar-refractivity contribution in [3.63, 3.8) is 0 Å². The van der Waals surface area contributed by atoms with Gasteiger partial charge in [-0.05, 0) is 19.6 Å². The summed E-state index contributed by atoms with van der Waals surface area (Å²) >= 11 is 10.3. The van der Waals surface area contributed by atoms with Crippen LogP contribution in [0.1, 0.15) is 43.3 Å². The first kappa shape index (κ1) is 27.0. The van der Waals surface area contributed by atoms with Gasteiger partial charge in [-0.1, -0.05) is 36.5 Å². The number of hydrogen-bond donors (Lipinski definition) is 1. The molecular formula is C21H26ClFN4O4S3. The molecule has 0 unspecified atom stereocenters. The minimum atomic E-state index is -0.843. The van der Waals surface area contributed by atoms with Crippen molar-refractivity contribution in [2.45, 2.75) is 50.9 Å². The van der Waals surface area contributed by atoms with E-state index in [1.807, 2.05) is 6.26 Å². The number of fused-ring (bicyclic) bond motifs is 1. The molecule has 0 saturated carbocycles.